The number of benzene rings is 1. The molecule has 0 saturated carbocycles. The van der Waals surface area contributed by atoms with Crippen LogP contribution in [0.5, 0.6) is 0 Å². The Balaban J connectivity index is 1.84. The second-order valence-electron chi connectivity index (χ2n) is 6.96. The number of carbonyl (C=O) groups excluding carboxylic acids is 1. The van der Waals surface area contributed by atoms with E-state index in [1.165, 1.54) is 0 Å². The highest BCUT2D eigenvalue weighted by Crippen LogP contribution is 2.16. The zero-order valence-corrected chi connectivity index (χ0v) is 15.5. The van der Waals surface area contributed by atoms with E-state index in [-0.39, 0.29) is 12.6 Å². The van der Waals surface area contributed by atoms with E-state index in [0.29, 0.717) is 13.0 Å². The van der Waals surface area contributed by atoms with Crippen molar-refractivity contribution < 1.29 is 14.3 Å². The van der Waals surface area contributed by atoms with Crippen molar-refractivity contribution in [3.8, 4) is 5.69 Å². The smallest absolute Gasteiger partial charge is 0.332 e. The molecule has 0 N–H and O–H groups in total. The van der Waals surface area contributed by atoms with Gasteiger partial charge in [-0.2, -0.15) is 0 Å². The maximum absolute atomic E-state index is 11.6. The van der Waals surface area contributed by atoms with E-state index in [1.807, 2.05) is 70.2 Å². The average Bonchev–Trinajstić information content (AvgIpc) is 2.99. The molecule has 0 aliphatic heterocycles. The van der Waals surface area contributed by atoms with Crippen molar-refractivity contribution in [3.05, 3.63) is 36.2 Å². The summed E-state index contributed by atoms with van der Waals surface area (Å²) in [6, 6.07) is 8.03. The van der Waals surface area contributed by atoms with Crippen LogP contribution < -0.4 is 4.90 Å². The Morgan fingerprint density at radius 1 is 1.28 bits per heavy atom. The van der Waals surface area contributed by atoms with Gasteiger partial charge in [0.05, 0.1) is 24.2 Å². The molecule has 0 unspecified atom stereocenters. The molecule has 136 valence electrons. The number of nitrogens with zero attached hydrogens (tertiary/aromatic N) is 4. The second kappa shape index (κ2) is 8.11. The lowest BCUT2D eigenvalue weighted by atomic mass is 10.2. The molecule has 25 heavy (non-hydrogen) atoms. The fraction of sp³-hybridized carbons (Fsp3) is 0.500. The molecule has 1 heterocycles. The molecule has 1 aromatic carbocycles. The lowest BCUT2D eigenvalue weighted by Crippen LogP contribution is -2.26. The number of esters is 1. The topological polar surface area (TPSA) is 69.5 Å². The third-order valence-electron chi connectivity index (χ3n) is 3.29. The maximum atomic E-state index is 11.6. The van der Waals surface area contributed by atoms with Gasteiger partial charge in [0.25, 0.3) is 0 Å². The minimum absolute atomic E-state index is 0.0592. The van der Waals surface area contributed by atoms with Crippen LogP contribution in [-0.2, 0) is 20.7 Å². The van der Waals surface area contributed by atoms with E-state index in [0.717, 1.165) is 17.1 Å². The minimum atomic E-state index is -0.496. The summed E-state index contributed by atoms with van der Waals surface area (Å²) in [5, 5.41) is 8.30. The van der Waals surface area contributed by atoms with E-state index in [4.69, 9.17) is 9.47 Å². The third-order valence-corrected chi connectivity index (χ3v) is 3.29. The third kappa shape index (κ3) is 6.19. The van der Waals surface area contributed by atoms with Crippen molar-refractivity contribution in [2.24, 2.45) is 0 Å². The highest BCUT2D eigenvalue weighted by Gasteiger charge is 2.16. The summed E-state index contributed by atoms with van der Waals surface area (Å²) in [4.78, 5) is 13.6. The van der Waals surface area contributed by atoms with E-state index < -0.39 is 5.60 Å². The van der Waals surface area contributed by atoms with Crippen LogP contribution in [0.1, 0.15) is 26.5 Å². The molecule has 2 rings (SSSR count). The highest BCUT2D eigenvalue weighted by atomic mass is 16.6. The van der Waals surface area contributed by atoms with E-state index in [2.05, 4.69) is 10.3 Å². The number of hydrogen-bond acceptors (Lipinski definition) is 6. The number of hydrogen-bond donors (Lipinski definition) is 0. The molecule has 7 nitrogen and oxygen atoms in total. The first-order valence-electron chi connectivity index (χ1n) is 8.23. The van der Waals surface area contributed by atoms with Crippen LogP contribution in [0.3, 0.4) is 0 Å². The molecule has 7 heteroatoms. The van der Waals surface area contributed by atoms with Crippen LogP contribution in [0.4, 0.5) is 5.69 Å². The zero-order chi connectivity index (χ0) is 18.4. The van der Waals surface area contributed by atoms with Crippen molar-refractivity contribution in [2.75, 3.05) is 32.2 Å². The predicted octanol–water partition coefficient (Wildman–Crippen LogP) is 2.23. The first-order valence-corrected chi connectivity index (χ1v) is 8.23. The number of anilines is 1. The molecule has 0 aliphatic rings. The highest BCUT2D eigenvalue weighted by molar-refractivity contribution is 5.71. The SMILES string of the molecule is CN(C)c1cccc(-n2cc(CCOCC(=O)OC(C)(C)C)nn2)c1. The summed E-state index contributed by atoms with van der Waals surface area (Å²) in [5.41, 5.74) is 2.35. The van der Waals surface area contributed by atoms with Gasteiger partial charge in [0, 0.05) is 26.2 Å². The Morgan fingerprint density at radius 3 is 2.72 bits per heavy atom. The molecule has 2 aromatic rings. The van der Waals surface area contributed by atoms with Crippen LogP contribution in [0, 0.1) is 0 Å². The summed E-state index contributed by atoms with van der Waals surface area (Å²) in [6.45, 7) is 5.81. The van der Waals surface area contributed by atoms with Gasteiger partial charge >= 0.3 is 5.97 Å². The first kappa shape index (κ1) is 18.9. The Kier molecular flexibility index (Phi) is 6.14. The fourth-order valence-electron chi connectivity index (χ4n) is 2.16. The standard InChI is InChI=1S/C18H26N4O3/c1-18(2,3)25-17(23)13-24-10-9-14-12-22(20-19-14)16-8-6-7-15(11-16)21(4)5/h6-8,11-12H,9-10,13H2,1-5H3. The first-order chi connectivity index (χ1) is 11.7. The van der Waals surface area contributed by atoms with E-state index in [1.54, 1.807) is 4.68 Å². The van der Waals surface area contributed by atoms with Crippen LogP contribution >= 0.6 is 0 Å². The van der Waals surface area contributed by atoms with Crippen molar-refractivity contribution in [1.29, 1.82) is 0 Å². The number of rotatable bonds is 7. The molecule has 1 aromatic heterocycles. The number of carbonyl (C=O) groups is 1. The molecule has 0 saturated heterocycles. The summed E-state index contributed by atoms with van der Waals surface area (Å²) < 4.78 is 12.3. The zero-order valence-electron chi connectivity index (χ0n) is 15.5. The molecule has 0 spiro atoms. The number of ether oxygens (including phenoxy) is 2. The van der Waals surface area contributed by atoms with Gasteiger partial charge in [-0.25, -0.2) is 9.48 Å². The van der Waals surface area contributed by atoms with Crippen LogP contribution in [0.15, 0.2) is 30.5 Å². The predicted molar refractivity (Wildman–Crippen MR) is 96.1 cm³/mol. The summed E-state index contributed by atoms with van der Waals surface area (Å²) in [6.07, 6.45) is 2.45. The molecule has 0 bridgehead atoms. The lowest BCUT2D eigenvalue weighted by Gasteiger charge is -2.19. The van der Waals surface area contributed by atoms with Crippen molar-refractivity contribution in [3.63, 3.8) is 0 Å². The molecule has 0 amide bonds. The second-order valence-corrected chi connectivity index (χ2v) is 6.96. The average molecular weight is 346 g/mol. The van der Waals surface area contributed by atoms with E-state index in [9.17, 15) is 4.79 Å². The minimum Gasteiger partial charge on any atom is -0.458 e. The summed E-state index contributed by atoms with van der Waals surface area (Å²) >= 11 is 0. The van der Waals surface area contributed by atoms with Gasteiger partial charge in [0.15, 0.2) is 0 Å². The summed E-state index contributed by atoms with van der Waals surface area (Å²) in [5.74, 6) is -0.364. The normalized spacial score (nSPS) is 11.4. The van der Waals surface area contributed by atoms with Gasteiger partial charge in [-0.05, 0) is 39.0 Å². The maximum Gasteiger partial charge on any atom is 0.332 e. The quantitative estimate of drug-likeness (QED) is 0.566. The molecule has 0 radical (unpaired) electrons. The lowest BCUT2D eigenvalue weighted by molar-refractivity contribution is -0.160. The van der Waals surface area contributed by atoms with Crippen LogP contribution in [0.25, 0.3) is 5.69 Å². The molecule has 0 aliphatic carbocycles. The largest absolute Gasteiger partial charge is 0.458 e. The van der Waals surface area contributed by atoms with Gasteiger partial charge in [-0.15, -0.1) is 5.10 Å². The molecular formula is C18H26N4O3. The Morgan fingerprint density at radius 2 is 2.04 bits per heavy atom. The molecule has 0 atom stereocenters. The van der Waals surface area contributed by atoms with Crippen molar-refractivity contribution in [2.45, 2.75) is 32.8 Å². The van der Waals surface area contributed by atoms with Crippen molar-refractivity contribution in [1.82, 2.24) is 15.0 Å². The molecule has 0 fully saturated rings. The van der Waals surface area contributed by atoms with Crippen LogP contribution in [-0.4, -0.2) is 53.9 Å². The monoisotopic (exact) mass is 346 g/mol. The van der Waals surface area contributed by atoms with Crippen molar-refractivity contribution >= 4 is 11.7 Å². The Hall–Kier alpha value is -2.41. The van der Waals surface area contributed by atoms with Gasteiger partial charge < -0.3 is 14.4 Å². The molecular weight excluding hydrogens is 320 g/mol. The van der Waals surface area contributed by atoms with Gasteiger partial charge in [0.1, 0.15) is 12.2 Å². The fourth-order valence-corrected chi connectivity index (χ4v) is 2.16. The van der Waals surface area contributed by atoms with Gasteiger partial charge in [0.2, 0.25) is 0 Å². The van der Waals surface area contributed by atoms with E-state index >= 15 is 0 Å². The van der Waals surface area contributed by atoms with Gasteiger partial charge in [-0.3, -0.25) is 0 Å². The Labute approximate surface area is 148 Å². The van der Waals surface area contributed by atoms with Gasteiger partial charge in [-0.1, -0.05) is 11.3 Å². The number of aromatic nitrogens is 3. The Bertz CT molecular complexity index is 704. The van der Waals surface area contributed by atoms with Crippen LogP contribution in [0.2, 0.25) is 0 Å². The summed E-state index contributed by atoms with van der Waals surface area (Å²) in [7, 11) is 3.99.